The summed E-state index contributed by atoms with van der Waals surface area (Å²) < 4.78 is 4.84. The molecule has 2 aromatic heterocycles. The molecule has 8 nitrogen and oxygen atoms in total. The van der Waals surface area contributed by atoms with Crippen LogP contribution in [0.4, 0.5) is 11.4 Å². The van der Waals surface area contributed by atoms with E-state index in [2.05, 4.69) is 4.98 Å². The Balaban J connectivity index is 2.73. The summed E-state index contributed by atoms with van der Waals surface area (Å²) in [5.74, 6) is -1.82. The smallest absolute Gasteiger partial charge is 0.374 e. The zero-order valence-electron chi connectivity index (χ0n) is 7.71. The zero-order chi connectivity index (χ0) is 11.9. The predicted molar refractivity (Wildman–Crippen MR) is 52.0 cm³/mol. The Morgan fingerprint density at radius 1 is 1.62 bits per heavy atom. The summed E-state index contributed by atoms with van der Waals surface area (Å²) in [6, 6.07) is 1.12. The van der Waals surface area contributed by atoms with E-state index in [9.17, 15) is 14.9 Å². The highest BCUT2D eigenvalue weighted by atomic mass is 16.6. The molecular formula is C8H5N3O5. The number of carbonyl (C=O) groups is 1. The van der Waals surface area contributed by atoms with Crippen LogP contribution in [0.1, 0.15) is 10.6 Å². The van der Waals surface area contributed by atoms with E-state index < -0.39 is 16.7 Å². The first-order valence-corrected chi connectivity index (χ1v) is 4.06. The lowest BCUT2D eigenvalue weighted by Gasteiger charge is -1.90. The SMILES string of the molecule is Nc1c(C(=O)O)oc2ncc([N+](=O)[O-])cc12. The Hall–Kier alpha value is -2.64. The average Bonchev–Trinajstić information content (AvgIpc) is 2.56. The largest absolute Gasteiger partial charge is 0.475 e. The maximum atomic E-state index is 10.7. The van der Waals surface area contributed by atoms with Crippen LogP contribution in [-0.2, 0) is 0 Å². The van der Waals surface area contributed by atoms with Gasteiger partial charge in [-0.15, -0.1) is 0 Å². The fourth-order valence-corrected chi connectivity index (χ4v) is 1.25. The number of hydrogen-bond acceptors (Lipinski definition) is 6. The van der Waals surface area contributed by atoms with Crippen LogP contribution in [0.25, 0.3) is 11.1 Å². The summed E-state index contributed by atoms with van der Waals surface area (Å²) in [5.41, 5.74) is 4.98. The molecule has 0 spiro atoms. The average molecular weight is 223 g/mol. The number of rotatable bonds is 2. The molecule has 0 aliphatic rings. The molecule has 2 aromatic rings. The van der Waals surface area contributed by atoms with Crippen LogP contribution in [0, 0.1) is 10.1 Å². The monoisotopic (exact) mass is 223 g/mol. The van der Waals surface area contributed by atoms with E-state index in [-0.39, 0.29) is 22.5 Å². The summed E-state index contributed by atoms with van der Waals surface area (Å²) in [4.78, 5) is 24.1. The summed E-state index contributed by atoms with van der Waals surface area (Å²) in [7, 11) is 0. The number of hydrogen-bond donors (Lipinski definition) is 2. The lowest BCUT2D eigenvalue weighted by Crippen LogP contribution is -1.98. The second-order valence-electron chi connectivity index (χ2n) is 2.95. The number of aromatic carboxylic acids is 1. The molecular weight excluding hydrogens is 218 g/mol. The number of carboxylic acids is 1. The number of anilines is 1. The van der Waals surface area contributed by atoms with Gasteiger partial charge in [0.25, 0.3) is 5.69 Å². The standard InChI is InChI=1S/C8H5N3O5/c9-5-4-1-3(11(14)15)2-10-7(4)16-6(5)8(12)13/h1-2H,9H2,(H,12,13). The molecule has 0 aromatic carbocycles. The van der Waals surface area contributed by atoms with E-state index in [0.29, 0.717) is 0 Å². The number of fused-ring (bicyclic) bond motifs is 1. The Bertz CT molecular complexity index is 603. The van der Waals surface area contributed by atoms with Crippen molar-refractivity contribution in [2.75, 3.05) is 5.73 Å². The minimum Gasteiger partial charge on any atom is -0.475 e. The van der Waals surface area contributed by atoms with Crippen LogP contribution in [0.15, 0.2) is 16.7 Å². The van der Waals surface area contributed by atoms with Gasteiger partial charge in [-0.3, -0.25) is 10.1 Å². The maximum absolute atomic E-state index is 10.7. The van der Waals surface area contributed by atoms with E-state index in [1.165, 1.54) is 0 Å². The van der Waals surface area contributed by atoms with Crippen molar-refractivity contribution in [1.82, 2.24) is 4.98 Å². The first kappa shape index (κ1) is 9.90. The fourth-order valence-electron chi connectivity index (χ4n) is 1.25. The second-order valence-corrected chi connectivity index (χ2v) is 2.95. The molecule has 0 radical (unpaired) electrons. The van der Waals surface area contributed by atoms with Gasteiger partial charge in [-0.05, 0) is 0 Å². The van der Waals surface area contributed by atoms with Crippen molar-refractivity contribution in [1.29, 1.82) is 0 Å². The Kier molecular flexibility index (Phi) is 1.97. The van der Waals surface area contributed by atoms with Crippen LogP contribution in [0.3, 0.4) is 0 Å². The topological polar surface area (TPSA) is 132 Å². The number of nitrogens with two attached hydrogens (primary N) is 1. The lowest BCUT2D eigenvalue weighted by molar-refractivity contribution is -0.385. The van der Waals surface area contributed by atoms with Gasteiger partial charge in [0.1, 0.15) is 6.20 Å². The summed E-state index contributed by atoms with van der Waals surface area (Å²) in [6.07, 6.45) is 0.969. The molecule has 0 saturated heterocycles. The summed E-state index contributed by atoms with van der Waals surface area (Å²) in [5, 5.41) is 19.3. The van der Waals surface area contributed by atoms with E-state index in [0.717, 1.165) is 12.3 Å². The number of nitrogens with zero attached hydrogens (tertiary/aromatic N) is 2. The minimum absolute atomic E-state index is 0.0412. The highest BCUT2D eigenvalue weighted by molar-refractivity contribution is 6.01. The molecule has 0 unspecified atom stereocenters. The predicted octanol–water partition coefficient (Wildman–Crippen LogP) is 1.02. The summed E-state index contributed by atoms with van der Waals surface area (Å²) >= 11 is 0. The van der Waals surface area contributed by atoms with Crippen molar-refractivity contribution < 1.29 is 19.2 Å². The van der Waals surface area contributed by atoms with Crippen molar-refractivity contribution in [2.24, 2.45) is 0 Å². The van der Waals surface area contributed by atoms with Gasteiger partial charge in [-0.2, -0.15) is 0 Å². The first-order valence-electron chi connectivity index (χ1n) is 4.06. The molecule has 0 fully saturated rings. The number of furan rings is 1. The number of nitrogen functional groups attached to an aromatic ring is 1. The number of nitro groups is 1. The van der Waals surface area contributed by atoms with Crippen LogP contribution < -0.4 is 5.73 Å². The van der Waals surface area contributed by atoms with Crippen LogP contribution in [0.2, 0.25) is 0 Å². The molecule has 82 valence electrons. The Morgan fingerprint density at radius 2 is 2.31 bits per heavy atom. The molecule has 2 heterocycles. The molecule has 16 heavy (non-hydrogen) atoms. The van der Waals surface area contributed by atoms with Crippen molar-refractivity contribution in [2.45, 2.75) is 0 Å². The maximum Gasteiger partial charge on any atom is 0.374 e. The quantitative estimate of drug-likeness (QED) is 0.573. The van der Waals surface area contributed by atoms with Gasteiger partial charge in [-0.1, -0.05) is 0 Å². The third kappa shape index (κ3) is 1.32. The number of aromatic nitrogens is 1. The minimum atomic E-state index is -1.35. The van der Waals surface area contributed by atoms with Gasteiger partial charge >= 0.3 is 5.97 Å². The third-order valence-electron chi connectivity index (χ3n) is 1.98. The second kappa shape index (κ2) is 3.19. The molecule has 0 aliphatic heterocycles. The fraction of sp³-hybridized carbons (Fsp3) is 0. The number of pyridine rings is 1. The third-order valence-corrected chi connectivity index (χ3v) is 1.98. The molecule has 0 atom stereocenters. The highest BCUT2D eigenvalue weighted by Gasteiger charge is 2.20. The van der Waals surface area contributed by atoms with Gasteiger partial charge in [0.15, 0.2) is 0 Å². The molecule has 0 bridgehead atoms. The van der Waals surface area contributed by atoms with Gasteiger partial charge in [0, 0.05) is 6.07 Å². The molecule has 0 amide bonds. The van der Waals surface area contributed by atoms with Crippen LogP contribution in [0.5, 0.6) is 0 Å². The molecule has 3 N–H and O–H groups in total. The van der Waals surface area contributed by atoms with E-state index in [1.807, 2.05) is 0 Å². The van der Waals surface area contributed by atoms with Crippen molar-refractivity contribution in [3.05, 3.63) is 28.1 Å². The van der Waals surface area contributed by atoms with E-state index in [4.69, 9.17) is 15.3 Å². The lowest BCUT2D eigenvalue weighted by atomic mass is 10.2. The first-order chi connectivity index (χ1) is 7.50. The van der Waals surface area contributed by atoms with Gasteiger partial charge in [-0.25, -0.2) is 9.78 Å². The van der Waals surface area contributed by atoms with Crippen LogP contribution >= 0.6 is 0 Å². The Morgan fingerprint density at radius 3 is 2.88 bits per heavy atom. The van der Waals surface area contributed by atoms with E-state index in [1.54, 1.807) is 0 Å². The van der Waals surface area contributed by atoms with Crippen molar-refractivity contribution >= 4 is 28.4 Å². The van der Waals surface area contributed by atoms with E-state index >= 15 is 0 Å². The molecule has 2 rings (SSSR count). The molecule has 0 aliphatic carbocycles. The van der Waals surface area contributed by atoms with Gasteiger partial charge < -0.3 is 15.3 Å². The molecule has 8 heteroatoms. The highest BCUT2D eigenvalue weighted by Crippen LogP contribution is 2.29. The van der Waals surface area contributed by atoms with Gasteiger partial charge in [0.2, 0.25) is 11.5 Å². The van der Waals surface area contributed by atoms with Crippen LogP contribution in [-0.4, -0.2) is 21.0 Å². The normalized spacial score (nSPS) is 10.5. The Labute approximate surface area is 87.4 Å². The number of carboxylic acid groups (broad SMARTS) is 1. The molecule has 0 saturated carbocycles. The van der Waals surface area contributed by atoms with Crippen molar-refractivity contribution in [3.8, 4) is 0 Å². The van der Waals surface area contributed by atoms with Crippen molar-refractivity contribution in [3.63, 3.8) is 0 Å². The summed E-state index contributed by atoms with van der Waals surface area (Å²) in [6.45, 7) is 0. The zero-order valence-corrected chi connectivity index (χ0v) is 7.71. The van der Waals surface area contributed by atoms with Gasteiger partial charge in [0.05, 0.1) is 16.0 Å².